The van der Waals surface area contributed by atoms with Crippen LogP contribution in [0.1, 0.15) is 44.7 Å². The first kappa shape index (κ1) is 24.9. The second kappa shape index (κ2) is 11.3. The van der Waals surface area contributed by atoms with E-state index in [2.05, 4.69) is 20.4 Å². The average Bonchev–Trinajstić information content (AvgIpc) is 2.72. The highest BCUT2D eigenvalue weighted by Crippen LogP contribution is 2.35. The molecule has 0 aliphatic heterocycles. The number of benzene rings is 2. The van der Waals surface area contributed by atoms with E-state index in [-0.39, 0.29) is 24.0 Å². The van der Waals surface area contributed by atoms with Crippen molar-refractivity contribution in [1.82, 2.24) is 9.80 Å². The molecule has 0 amide bonds. The first-order chi connectivity index (χ1) is 14.4. The van der Waals surface area contributed by atoms with Gasteiger partial charge < -0.3 is 20.4 Å². The molecule has 1 aliphatic rings. The fourth-order valence-electron chi connectivity index (χ4n) is 3.77. The average molecular weight is 445 g/mol. The van der Waals surface area contributed by atoms with E-state index in [1.165, 1.54) is 0 Å². The second-order valence-corrected chi connectivity index (χ2v) is 8.28. The Labute approximate surface area is 191 Å². The molecule has 1 aliphatic carbocycles. The van der Waals surface area contributed by atoms with Crippen LogP contribution in [0.2, 0.25) is 0 Å². The van der Waals surface area contributed by atoms with E-state index in [1.807, 2.05) is 52.5 Å². The van der Waals surface area contributed by atoms with Gasteiger partial charge in [-0.1, -0.05) is 24.3 Å². The maximum absolute atomic E-state index is 13.4. The van der Waals surface area contributed by atoms with Gasteiger partial charge in [0.25, 0.3) is 0 Å². The SMILES string of the molecule is CN(C)CCCNc1cccc2c1C(=O)c1cccc(NCCCN(C)C)c1C2=O.Cl. The molecule has 0 radical (unpaired) electrons. The van der Waals surface area contributed by atoms with Crippen LogP contribution in [-0.2, 0) is 0 Å². The quantitative estimate of drug-likeness (QED) is 0.466. The van der Waals surface area contributed by atoms with Crippen LogP contribution >= 0.6 is 12.4 Å². The van der Waals surface area contributed by atoms with Crippen molar-refractivity contribution in [3.05, 3.63) is 58.7 Å². The van der Waals surface area contributed by atoms with E-state index >= 15 is 0 Å². The first-order valence-electron chi connectivity index (χ1n) is 10.5. The summed E-state index contributed by atoms with van der Waals surface area (Å²) in [7, 11) is 8.15. The van der Waals surface area contributed by atoms with Crippen LogP contribution in [0.4, 0.5) is 11.4 Å². The van der Waals surface area contributed by atoms with E-state index in [1.54, 1.807) is 12.1 Å². The van der Waals surface area contributed by atoms with Crippen molar-refractivity contribution in [2.24, 2.45) is 0 Å². The highest BCUT2D eigenvalue weighted by atomic mass is 35.5. The van der Waals surface area contributed by atoms with Gasteiger partial charge in [-0.2, -0.15) is 0 Å². The molecule has 31 heavy (non-hydrogen) atoms. The predicted molar refractivity (Wildman–Crippen MR) is 130 cm³/mol. The van der Waals surface area contributed by atoms with Gasteiger partial charge in [0.15, 0.2) is 11.6 Å². The number of nitrogens with one attached hydrogen (secondary N) is 2. The Morgan fingerprint density at radius 2 is 1.06 bits per heavy atom. The summed E-state index contributed by atoms with van der Waals surface area (Å²) in [6.07, 6.45) is 1.91. The lowest BCUT2D eigenvalue weighted by Gasteiger charge is -2.23. The molecular weight excluding hydrogens is 412 g/mol. The number of carbonyl (C=O) groups excluding carboxylic acids is 2. The van der Waals surface area contributed by atoms with Crippen molar-refractivity contribution < 1.29 is 9.59 Å². The van der Waals surface area contributed by atoms with Gasteiger partial charge in [-0.3, -0.25) is 9.59 Å². The highest BCUT2D eigenvalue weighted by Gasteiger charge is 2.33. The molecule has 0 unspecified atom stereocenters. The number of halogens is 1. The van der Waals surface area contributed by atoms with Gasteiger partial charge in [-0.25, -0.2) is 0 Å². The van der Waals surface area contributed by atoms with Crippen LogP contribution < -0.4 is 10.6 Å². The van der Waals surface area contributed by atoms with Crippen molar-refractivity contribution in [3.63, 3.8) is 0 Å². The lowest BCUT2D eigenvalue weighted by molar-refractivity contribution is 0.0980. The maximum atomic E-state index is 13.4. The minimum absolute atomic E-state index is 0. The first-order valence-corrected chi connectivity index (χ1v) is 10.5. The number of fused-ring (bicyclic) bond motifs is 2. The molecule has 0 atom stereocenters. The number of nitrogens with zero attached hydrogens (tertiary/aromatic N) is 2. The molecule has 2 aromatic carbocycles. The molecule has 6 nitrogen and oxygen atoms in total. The Hall–Kier alpha value is -2.41. The normalized spacial score (nSPS) is 12.5. The van der Waals surface area contributed by atoms with Gasteiger partial charge in [-0.15, -0.1) is 12.4 Å². The van der Waals surface area contributed by atoms with Crippen molar-refractivity contribution in [2.45, 2.75) is 12.8 Å². The van der Waals surface area contributed by atoms with Crippen molar-refractivity contribution in [2.75, 3.05) is 65.0 Å². The summed E-state index contributed by atoms with van der Waals surface area (Å²) in [5.74, 6) is -0.181. The van der Waals surface area contributed by atoms with Gasteiger partial charge in [-0.05, 0) is 66.3 Å². The van der Waals surface area contributed by atoms with Crippen molar-refractivity contribution >= 4 is 35.3 Å². The number of hydrogen-bond donors (Lipinski definition) is 2. The molecule has 0 saturated heterocycles. The monoisotopic (exact) mass is 444 g/mol. The van der Waals surface area contributed by atoms with Crippen LogP contribution in [0.5, 0.6) is 0 Å². The van der Waals surface area contributed by atoms with Gasteiger partial charge in [0.05, 0.1) is 11.1 Å². The summed E-state index contributed by atoms with van der Waals surface area (Å²) in [5, 5.41) is 6.71. The van der Waals surface area contributed by atoms with E-state index < -0.39 is 0 Å². The molecule has 0 spiro atoms. The van der Waals surface area contributed by atoms with Crippen molar-refractivity contribution in [1.29, 1.82) is 0 Å². The summed E-state index contributed by atoms with van der Waals surface area (Å²) in [5.41, 5.74) is 3.41. The molecule has 0 bridgehead atoms. The highest BCUT2D eigenvalue weighted by molar-refractivity contribution is 6.31. The molecule has 3 rings (SSSR count). The third-order valence-electron chi connectivity index (χ3n) is 5.27. The maximum Gasteiger partial charge on any atom is 0.196 e. The topological polar surface area (TPSA) is 64.7 Å². The van der Waals surface area contributed by atoms with Gasteiger partial charge >= 0.3 is 0 Å². The molecule has 7 heteroatoms. The Kier molecular flexibility index (Phi) is 9.04. The second-order valence-electron chi connectivity index (χ2n) is 8.28. The third kappa shape index (κ3) is 5.85. The van der Waals surface area contributed by atoms with Crippen LogP contribution in [0.3, 0.4) is 0 Å². The molecule has 2 aromatic rings. The molecule has 0 saturated carbocycles. The van der Waals surface area contributed by atoms with Gasteiger partial charge in [0.2, 0.25) is 0 Å². The summed E-state index contributed by atoms with van der Waals surface area (Å²) >= 11 is 0. The van der Waals surface area contributed by atoms with E-state index in [0.29, 0.717) is 22.3 Å². The molecule has 168 valence electrons. The zero-order valence-electron chi connectivity index (χ0n) is 18.8. The third-order valence-corrected chi connectivity index (χ3v) is 5.27. The van der Waals surface area contributed by atoms with Crippen LogP contribution in [0.15, 0.2) is 36.4 Å². The standard InChI is InChI=1S/C24H32N4O2.ClH/c1-27(2)15-7-13-25-19-11-5-9-17-21(19)23(29)18-10-6-12-20(22(18)24(17)30)26-14-8-16-28(3)4;/h5-6,9-12,25-26H,7-8,13-16H2,1-4H3;1H. The Balaban J connectivity index is 0.00000341. The summed E-state index contributed by atoms with van der Waals surface area (Å²) in [6.45, 7) is 3.41. The van der Waals surface area contributed by atoms with Crippen LogP contribution in [0, 0.1) is 0 Å². The number of hydrogen-bond acceptors (Lipinski definition) is 6. The predicted octanol–water partition coefficient (Wildman–Crippen LogP) is 3.61. The lowest BCUT2D eigenvalue weighted by Crippen LogP contribution is -2.25. The van der Waals surface area contributed by atoms with E-state index in [9.17, 15) is 9.59 Å². The lowest BCUT2D eigenvalue weighted by atomic mass is 9.82. The number of ketones is 2. The van der Waals surface area contributed by atoms with Crippen LogP contribution in [0.25, 0.3) is 0 Å². The molecule has 0 aromatic heterocycles. The molecule has 0 fully saturated rings. The van der Waals surface area contributed by atoms with Crippen molar-refractivity contribution in [3.8, 4) is 0 Å². The molecular formula is C24H33ClN4O2. The van der Waals surface area contributed by atoms with Gasteiger partial charge in [0, 0.05) is 35.6 Å². The van der Waals surface area contributed by atoms with E-state index in [4.69, 9.17) is 0 Å². The largest absolute Gasteiger partial charge is 0.384 e. The van der Waals surface area contributed by atoms with Crippen LogP contribution in [-0.4, -0.2) is 75.7 Å². The van der Waals surface area contributed by atoms with E-state index in [0.717, 1.165) is 50.4 Å². The van der Waals surface area contributed by atoms with Gasteiger partial charge in [0.1, 0.15) is 0 Å². The number of anilines is 2. The smallest absolute Gasteiger partial charge is 0.196 e. The Morgan fingerprint density at radius 1 is 0.677 bits per heavy atom. The summed E-state index contributed by atoms with van der Waals surface area (Å²) in [4.78, 5) is 31.0. The summed E-state index contributed by atoms with van der Waals surface area (Å²) in [6, 6.07) is 11.0. The zero-order valence-corrected chi connectivity index (χ0v) is 19.6. The minimum atomic E-state index is -0.0905. The fourth-order valence-corrected chi connectivity index (χ4v) is 3.77. The minimum Gasteiger partial charge on any atom is -0.384 e. The Morgan fingerprint density at radius 3 is 1.42 bits per heavy atom. The number of carbonyl (C=O) groups is 2. The Bertz CT molecular complexity index is 852. The molecule has 2 N–H and O–H groups in total. The fraction of sp³-hybridized carbons (Fsp3) is 0.417. The summed E-state index contributed by atoms with van der Waals surface area (Å²) < 4.78 is 0. The number of rotatable bonds is 10. The molecule has 0 heterocycles. The zero-order chi connectivity index (χ0) is 21.7.